The summed E-state index contributed by atoms with van der Waals surface area (Å²) >= 11 is 0. The van der Waals surface area contributed by atoms with Crippen LogP contribution in [0.3, 0.4) is 0 Å². The summed E-state index contributed by atoms with van der Waals surface area (Å²) in [5.41, 5.74) is 0. The first kappa shape index (κ1) is 31.2. The van der Waals surface area contributed by atoms with E-state index >= 15 is 0 Å². The lowest BCUT2D eigenvalue weighted by molar-refractivity contribution is -0.447. The van der Waals surface area contributed by atoms with Gasteiger partial charge in [0.2, 0.25) is 40.3 Å². The quantitative estimate of drug-likeness (QED) is 0.0484. The Morgan fingerprint density at radius 1 is 0.559 bits per heavy atom. The van der Waals surface area contributed by atoms with Crippen molar-refractivity contribution in [2.75, 3.05) is 0 Å². The van der Waals surface area contributed by atoms with Gasteiger partial charge < -0.3 is 66.4 Å². The molecule has 14 heteroatoms. The lowest BCUT2D eigenvalue weighted by Gasteiger charge is -2.42. The summed E-state index contributed by atoms with van der Waals surface area (Å²) in [6, 6.07) is 0. The summed E-state index contributed by atoms with van der Waals surface area (Å²) in [7, 11) is 0. The fraction of sp³-hybridized carbons (Fsp3) is 0.650. The molecule has 13 N–H and O–H groups in total. The second kappa shape index (κ2) is 12.6. The van der Waals surface area contributed by atoms with Crippen LogP contribution in [0, 0.1) is 0 Å². The first-order valence-electron chi connectivity index (χ1n) is 10.4. The molecule has 0 spiro atoms. The maximum absolute atomic E-state index is 10.6. The molecule has 0 unspecified atom stereocenters. The van der Waals surface area contributed by atoms with Gasteiger partial charge in [-0.1, -0.05) is 51.9 Å². The molecule has 0 aliphatic rings. The minimum atomic E-state index is -4.50. The third-order valence-electron chi connectivity index (χ3n) is 5.08. The maximum atomic E-state index is 10.6. The van der Waals surface area contributed by atoms with E-state index in [0.29, 0.717) is 12.8 Å². The zero-order valence-corrected chi connectivity index (χ0v) is 18.6. The number of aliphatic hydroxyl groups excluding tert-OH is 6. The number of unbranched alkanes of at least 4 members (excludes halogenated alkanes) is 7. The smallest absolute Gasteiger partial charge is 0.375 e. The van der Waals surface area contributed by atoms with Crippen LogP contribution in [0.25, 0.3) is 0 Å². The van der Waals surface area contributed by atoms with Gasteiger partial charge in [0.05, 0.1) is 0 Å². The van der Waals surface area contributed by atoms with E-state index in [1.807, 2.05) is 0 Å². The lowest BCUT2D eigenvalue weighted by Crippen LogP contribution is -2.69. The molecule has 0 atom stereocenters. The average molecular weight is 498 g/mol. The second-order valence-corrected chi connectivity index (χ2v) is 7.78. The SMILES string of the molecule is CCCCCCCCCCC(O)(O)C(O)(O)C(O)(O)C(O)=C(O)C(O)=C(O)C(O)=C(O)C(=O)O. The highest BCUT2D eigenvalue weighted by Crippen LogP contribution is 2.37. The molecule has 0 saturated carbocycles. The Morgan fingerprint density at radius 2 is 0.941 bits per heavy atom. The van der Waals surface area contributed by atoms with Crippen LogP contribution in [-0.4, -0.2) is 89.7 Å². The van der Waals surface area contributed by atoms with Gasteiger partial charge >= 0.3 is 5.97 Å². The number of aliphatic hydroxyl groups is 12. The summed E-state index contributed by atoms with van der Waals surface area (Å²) in [6.07, 6.45) is 5.15. The van der Waals surface area contributed by atoms with E-state index in [9.17, 15) is 61.0 Å². The normalized spacial score (nSPS) is 15.4. The molecule has 0 fully saturated rings. The molecule has 198 valence electrons. The Morgan fingerprint density at radius 3 is 1.38 bits per heavy atom. The van der Waals surface area contributed by atoms with Crippen LogP contribution >= 0.6 is 0 Å². The van der Waals surface area contributed by atoms with Crippen molar-refractivity contribution >= 4 is 5.97 Å². The minimum absolute atomic E-state index is 0.0325. The Kier molecular flexibility index (Phi) is 11.6. The van der Waals surface area contributed by atoms with Crippen LogP contribution in [0.1, 0.15) is 64.7 Å². The van der Waals surface area contributed by atoms with E-state index in [1.54, 1.807) is 0 Å². The molecule has 0 aromatic heterocycles. The largest absolute Gasteiger partial charge is 0.504 e. The summed E-state index contributed by atoms with van der Waals surface area (Å²) in [4.78, 5) is 10.6. The highest BCUT2D eigenvalue weighted by Gasteiger charge is 2.64. The predicted octanol–water partition coefficient (Wildman–Crippen LogP) is 0.627. The van der Waals surface area contributed by atoms with Crippen molar-refractivity contribution in [2.45, 2.75) is 82.1 Å². The molecule has 0 amide bonds. The number of carboxylic acid groups (broad SMARTS) is 1. The van der Waals surface area contributed by atoms with Gasteiger partial charge in [-0.15, -0.1) is 0 Å². The van der Waals surface area contributed by atoms with Crippen molar-refractivity contribution in [3.63, 3.8) is 0 Å². The van der Waals surface area contributed by atoms with Crippen molar-refractivity contribution in [2.24, 2.45) is 0 Å². The van der Waals surface area contributed by atoms with E-state index in [2.05, 4.69) is 6.92 Å². The number of carboxylic acids is 1. The monoisotopic (exact) mass is 498 g/mol. The zero-order valence-electron chi connectivity index (χ0n) is 18.6. The third-order valence-corrected chi connectivity index (χ3v) is 5.08. The van der Waals surface area contributed by atoms with Gasteiger partial charge in [0.25, 0.3) is 11.6 Å². The summed E-state index contributed by atoms with van der Waals surface area (Å²) in [6.45, 7) is 2.05. The number of hydrogen-bond acceptors (Lipinski definition) is 13. The summed E-state index contributed by atoms with van der Waals surface area (Å²) in [5, 5.41) is 125. The van der Waals surface area contributed by atoms with Crippen LogP contribution in [-0.2, 0) is 4.79 Å². The minimum Gasteiger partial charge on any atom is -0.504 e. The Labute approximate surface area is 194 Å². The lowest BCUT2D eigenvalue weighted by atomic mass is 9.89. The number of rotatable bonds is 15. The zero-order chi connectivity index (χ0) is 26.9. The topological polar surface area (TPSA) is 280 Å². The van der Waals surface area contributed by atoms with Crippen molar-refractivity contribution in [3.05, 3.63) is 34.6 Å². The van der Waals surface area contributed by atoms with Crippen LogP contribution in [0.5, 0.6) is 0 Å². The second-order valence-electron chi connectivity index (χ2n) is 7.78. The molecule has 0 aliphatic heterocycles. The molecule has 14 nitrogen and oxygen atoms in total. The van der Waals surface area contributed by atoms with Gasteiger partial charge in [-0.25, -0.2) is 4.79 Å². The Hall–Kier alpha value is -2.75. The summed E-state index contributed by atoms with van der Waals surface area (Å²) in [5.74, 6) is -27.2. The summed E-state index contributed by atoms with van der Waals surface area (Å²) < 4.78 is 0. The van der Waals surface area contributed by atoms with Gasteiger partial charge in [-0.05, 0) is 6.42 Å². The Bertz CT molecular complexity index is 791. The first-order valence-corrected chi connectivity index (χ1v) is 10.4. The van der Waals surface area contributed by atoms with E-state index in [-0.39, 0.29) is 6.42 Å². The fourth-order valence-corrected chi connectivity index (χ4v) is 2.84. The molecule has 0 radical (unpaired) electrons. The molecule has 34 heavy (non-hydrogen) atoms. The number of hydrogen-bond donors (Lipinski definition) is 13. The average Bonchev–Trinajstić information content (AvgIpc) is 2.77. The molecule has 0 rings (SSSR count). The highest BCUT2D eigenvalue weighted by atomic mass is 16.7. The molecule has 0 saturated heterocycles. The van der Waals surface area contributed by atoms with E-state index < -0.39 is 64.3 Å². The van der Waals surface area contributed by atoms with Crippen LogP contribution in [0.15, 0.2) is 34.6 Å². The Balaban J connectivity index is 5.66. The van der Waals surface area contributed by atoms with E-state index in [4.69, 9.17) is 10.2 Å². The predicted molar refractivity (Wildman–Crippen MR) is 113 cm³/mol. The van der Waals surface area contributed by atoms with Crippen molar-refractivity contribution in [1.82, 2.24) is 0 Å². The highest BCUT2D eigenvalue weighted by molar-refractivity contribution is 5.85. The van der Waals surface area contributed by atoms with Crippen LogP contribution < -0.4 is 0 Å². The van der Waals surface area contributed by atoms with Crippen molar-refractivity contribution < 1.29 is 71.2 Å². The van der Waals surface area contributed by atoms with E-state index in [0.717, 1.165) is 32.1 Å². The van der Waals surface area contributed by atoms with Gasteiger partial charge in [0, 0.05) is 6.42 Å². The third kappa shape index (κ3) is 7.38. The number of carbonyl (C=O) groups is 1. The van der Waals surface area contributed by atoms with Gasteiger partial charge in [-0.3, -0.25) is 0 Å². The van der Waals surface area contributed by atoms with Crippen molar-refractivity contribution in [1.29, 1.82) is 0 Å². The molecule has 0 aromatic carbocycles. The standard InChI is InChI=1S/C20H34O14/c1-2-3-4-5-6-7-8-9-10-18(29,30)20(33,34)19(31,32)16(26)14(24)12(22)11(21)13(23)15(25)17(27)28/h21-26,29-34H,2-10H2,1H3,(H,27,28). The van der Waals surface area contributed by atoms with Gasteiger partial charge in [0.15, 0.2) is 0 Å². The van der Waals surface area contributed by atoms with Gasteiger partial charge in [-0.2, -0.15) is 0 Å². The van der Waals surface area contributed by atoms with Crippen molar-refractivity contribution in [3.8, 4) is 0 Å². The molecule has 0 aliphatic carbocycles. The molecular weight excluding hydrogens is 464 g/mol. The van der Waals surface area contributed by atoms with E-state index in [1.165, 1.54) is 0 Å². The molecule has 0 bridgehead atoms. The number of aliphatic carboxylic acids is 1. The maximum Gasteiger partial charge on any atom is 0.375 e. The fourth-order valence-electron chi connectivity index (χ4n) is 2.84. The molecule has 0 heterocycles. The van der Waals surface area contributed by atoms with Crippen LogP contribution in [0.4, 0.5) is 0 Å². The van der Waals surface area contributed by atoms with Gasteiger partial charge in [0.1, 0.15) is 0 Å². The molecule has 0 aromatic rings. The molecular formula is C20H34O14. The van der Waals surface area contributed by atoms with Crippen LogP contribution in [0.2, 0.25) is 0 Å². The first-order chi connectivity index (χ1) is 15.5.